The Morgan fingerprint density at radius 1 is 0.479 bits per heavy atom. The minimum absolute atomic E-state index is 0.000145. The molecular weight excluding hydrogens is 592 g/mol. The number of ether oxygens (including phenoxy) is 1. The molecule has 1 atom stereocenters. The molecule has 0 heterocycles. The van der Waals surface area contributed by atoms with Crippen LogP contribution >= 0.6 is 0 Å². The highest BCUT2D eigenvalue weighted by Crippen LogP contribution is 2.19. The predicted molar refractivity (Wildman–Crippen MR) is 208 cm³/mol. The van der Waals surface area contributed by atoms with E-state index in [2.05, 4.69) is 74.6 Å². The molecule has 1 unspecified atom stereocenters. The standard InChI is InChI=1S/C44H76O4/c1-3-5-7-9-11-12-13-14-15-16-17-18-19-20-21-22-23-24-29-33-37-41-44(47)48-42(38-34-30-26-10-8-6-4-2)39-35-31-27-25-28-32-36-40-43(45)46/h5,7,11-12,14-15,17-18,20-21,42H,3-4,6,8-10,13,16,19,22-41H2,1-2H3,(H,45,46)/b7-5-,12-11-,15-14-,18-17-,21-20-. The van der Waals surface area contributed by atoms with E-state index in [1.54, 1.807) is 0 Å². The Morgan fingerprint density at radius 2 is 0.875 bits per heavy atom. The second kappa shape index (κ2) is 39.1. The summed E-state index contributed by atoms with van der Waals surface area (Å²) in [5, 5.41) is 8.76. The van der Waals surface area contributed by atoms with Crippen molar-refractivity contribution in [3.8, 4) is 0 Å². The summed E-state index contributed by atoms with van der Waals surface area (Å²) in [4.78, 5) is 23.3. The third kappa shape index (κ3) is 38.1. The van der Waals surface area contributed by atoms with E-state index in [1.165, 1.54) is 77.0 Å². The van der Waals surface area contributed by atoms with E-state index >= 15 is 0 Å². The first kappa shape index (κ1) is 45.6. The number of carboxylic acid groups (broad SMARTS) is 1. The number of carboxylic acids is 1. The van der Waals surface area contributed by atoms with Gasteiger partial charge in [-0.1, -0.05) is 164 Å². The molecule has 0 spiro atoms. The lowest BCUT2D eigenvalue weighted by Crippen LogP contribution is -2.18. The van der Waals surface area contributed by atoms with Crippen molar-refractivity contribution in [1.29, 1.82) is 0 Å². The minimum atomic E-state index is -0.690. The van der Waals surface area contributed by atoms with Crippen molar-refractivity contribution < 1.29 is 19.4 Å². The van der Waals surface area contributed by atoms with Gasteiger partial charge in [-0.05, 0) is 83.5 Å². The van der Waals surface area contributed by atoms with Crippen LogP contribution in [0.2, 0.25) is 0 Å². The average Bonchev–Trinajstić information content (AvgIpc) is 3.07. The van der Waals surface area contributed by atoms with E-state index in [4.69, 9.17) is 9.84 Å². The fraction of sp³-hybridized carbons (Fsp3) is 0.727. The van der Waals surface area contributed by atoms with Crippen LogP contribution in [0.15, 0.2) is 60.8 Å². The first-order valence-electron chi connectivity index (χ1n) is 20.3. The maximum absolute atomic E-state index is 12.7. The summed E-state index contributed by atoms with van der Waals surface area (Å²) in [5.74, 6) is -0.690. The summed E-state index contributed by atoms with van der Waals surface area (Å²) in [5.41, 5.74) is 0. The number of allylic oxidation sites excluding steroid dienone is 10. The van der Waals surface area contributed by atoms with Gasteiger partial charge in [0.15, 0.2) is 0 Å². The number of aliphatic carboxylic acids is 1. The maximum Gasteiger partial charge on any atom is 0.306 e. The fourth-order valence-electron chi connectivity index (χ4n) is 5.80. The first-order valence-corrected chi connectivity index (χ1v) is 20.3. The molecule has 0 saturated heterocycles. The summed E-state index contributed by atoms with van der Waals surface area (Å²) in [7, 11) is 0. The van der Waals surface area contributed by atoms with Crippen molar-refractivity contribution in [2.75, 3.05) is 0 Å². The van der Waals surface area contributed by atoms with E-state index in [9.17, 15) is 9.59 Å². The van der Waals surface area contributed by atoms with Crippen LogP contribution in [-0.4, -0.2) is 23.1 Å². The van der Waals surface area contributed by atoms with Gasteiger partial charge < -0.3 is 9.84 Å². The van der Waals surface area contributed by atoms with Gasteiger partial charge in [0.05, 0.1) is 0 Å². The normalized spacial score (nSPS) is 12.9. The minimum Gasteiger partial charge on any atom is -0.481 e. The molecule has 4 heteroatoms. The Bertz CT molecular complexity index is 850. The number of esters is 1. The van der Waals surface area contributed by atoms with Crippen molar-refractivity contribution in [3.63, 3.8) is 0 Å². The number of hydrogen-bond acceptors (Lipinski definition) is 3. The molecule has 0 radical (unpaired) electrons. The number of hydrogen-bond donors (Lipinski definition) is 1. The zero-order valence-electron chi connectivity index (χ0n) is 31.5. The lowest BCUT2D eigenvalue weighted by molar-refractivity contribution is -0.150. The third-order valence-corrected chi connectivity index (χ3v) is 8.75. The summed E-state index contributed by atoms with van der Waals surface area (Å²) >= 11 is 0. The second-order valence-corrected chi connectivity index (χ2v) is 13.4. The van der Waals surface area contributed by atoms with Crippen molar-refractivity contribution in [2.24, 2.45) is 0 Å². The molecular formula is C44H76O4. The summed E-state index contributed by atoms with van der Waals surface area (Å²) < 4.78 is 6.00. The lowest BCUT2D eigenvalue weighted by atomic mass is 10.0. The molecule has 0 amide bonds. The SMILES string of the molecule is CC/C=C\C/C=C\C/C=C\C/C=C\C/C=C\CCCCCCCC(=O)OC(CCCCCCCCC)CCCCCCCCCC(=O)O. The van der Waals surface area contributed by atoms with Gasteiger partial charge in [0.1, 0.15) is 6.10 Å². The van der Waals surface area contributed by atoms with Crippen LogP contribution in [0.3, 0.4) is 0 Å². The largest absolute Gasteiger partial charge is 0.481 e. The fourth-order valence-corrected chi connectivity index (χ4v) is 5.80. The zero-order chi connectivity index (χ0) is 35.0. The molecule has 0 aliphatic carbocycles. The van der Waals surface area contributed by atoms with Crippen LogP contribution in [0.1, 0.15) is 200 Å². The van der Waals surface area contributed by atoms with E-state index in [0.717, 1.165) is 96.3 Å². The summed E-state index contributed by atoms with van der Waals surface area (Å²) in [6, 6.07) is 0. The van der Waals surface area contributed by atoms with Crippen molar-refractivity contribution in [1.82, 2.24) is 0 Å². The highest BCUT2D eigenvalue weighted by atomic mass is 16.5. The monoisotopic (exact) mass is 669 g/mol. The van der Waals surface area contributed by atoms with Gasteiger partial charge >= 0.3 is 11.9 Å². The molecule has 0 bridgehead atoms. The van der Waals surface area contributed by atoms with Gasteiger partial charge in [-0.15, -0.1) is 0 Å². The Morgan fingerprint density at radius 3 is 1.35 bits per heavy atom. The first-order chi connectivity index (χ1) is 23.6. The van der Waals surface area contributed by atoms with E-state index in [0.29, 0.717) is 6.42 Å². The molecule has 1 N–H and O–H groups in total. The number of unbranched alkanes of at least 4 members (excludes halogenated alkanes) is 17. The Balaban J connectivity index is 3.99. The average molecular weight is 669 g/mol. The van der Waals surface area contributed by atoms with E-state index < -0.39 is 5.97 Å². The Hall–Kier alpha value is -2.36. The molecule has 0 saturated carbocycles. The quantitative estimate of drug-likeness (QED) is 0.0410. The number of carbonyl (C=O) groups excluding carboxylic acids is 1. The molecule has 48 heavy (non-hydrogen) atoms. The van der Waals surface area contributed by atoms with Crippen molar-refractivity contribution in [2.45, 2.75) is 206 Å². The van der Waals surface area contributed by atoms with Gasteiger partial charge in [-0.3, -0.25) is 9.59 Å². The summed E-state index contributed by atoms with van der Waals surface area (Å²) in [6.07, 6.45) is 53.9. The highest BCUT2D eigenvalue weighted by molar-refractivity contribution is 5.69. The van der Waals surface area contributed by atoms with Crippen LogP contribution < -0.4 is 0 Å². The topological polar surface area (TPSA) is 63.6 Å². The second-order valence-electron chi connectivity index (χ2n) is 13.4. The predicted octanol–water partition coefficient (Wildman–Crippen LogP) is 14.1. The third-order valence-electron chi connectivity index (χ3n) is 8.75. The molecule has 0 fully saturated rings. The Labute approximate surface area is 297 Å². The van der Waals surface area contributed by atoms with Crippen LogP contribution in [0.5, 0.6) is 0 Å². The molecule has 0 aromatic carbocycles. The molecule has 0 aromatic heterocycles. The van der Waals surface area contributed by atoms with Gasteiger partial charge in [0.2, 0.25) is 0 Å². The number of carbonyl (C=O) groups is 2. The molecule has 0 rings (SSSR count). The molecule has 0 aliphatic rings. The number of rotatable bonds is 36. The van der Waals surface area contributed by atoms with Crippen LogP contribution in [0.25, 0.3) is 0 Å². The van der Waals surface area contributed by atoms with Gasteiger partial charge in [-0.25, -0.2) is 0 Å². The molecule has 0 aliphatic heterocycles. The molecule has 0 aromatic rings. The van der Waals surface area contributed by atoms with E-state index in [1.807, 2.05) is 0 Å². The van der Waals surface area contributed by atoms with Crippen molar-refractivity contribution >= 4 is 11.9 Å². The maximum atomic E-state index is 12.7. The molecule has 276 valence electrons. The lowest BCUT2D eigenvalue weighted by Gasteiger charge is -2.18. The zero-order valence-corrected chi connectivity index (χ0v) is 31.5. The van der Waals surface area contributed by atoms with Crippen LogP contribution in [0.4, 0.5) is 0 Å². The van der Waals surface area contributed by atoms with Gasteiger partial charge in [-0.2, -0.15) is 0 Å². The summed E-state index contributed by atoms with van der Waals surface area (Å²) in [6.45, 7) is 4.42. The van der Waals surface area contributed by atoms with Gasteiger partial charge in [0, 0.05) is 12.8 Å². The van der Waals surface area contributed by atoms with E-state index in [-0.39, 0.29) is 18.5 Å². The highest BCUT2D eigenvalue weighted by Gasteiger charge is 2.14. The van der Waals surface area contributed by atoms with Crippen LogP contribution in [-0.2, 0) is 14.3 Å². The molecule has 4 nitrogen and oxygen atoms in total. The van der Waals surface area contributed by atoms with Crippen molar-refractivity contribution in [3.05, 3.63) is 60.8 Å². The van der Waals surface area contributed by atoms with Crippen LogP contribution in [0, 0.1) is 0 Å². The smallest absolute Gasteiger partial charge is 0.306 e. The van der Waals surface area contributed by atoms with Gasteiger partial charge in [0.25, 0.3) is 0 Å². The Kier molecular flexibility index (Phi) is 37.2.